The molecule has 1 unspecified atom stereocenters. The summed E-state index contributed by atoms with van der Waals surface area (Å²) in [5.74, 6) is 0. The highest BCUT2D eigenvalue weighted by atomic mass is 35.5. The van der Waals surface area contributed by atoms with Crippen molar-refractivity contribution in [3.05, 3.63) is 29.8 Å². The maximum atomic E-state index is 5.64. The van der Waals surface area contributed by atoms with Crippen LogP contribution in [0.25, 0.3) is 0 Å². The second-order valence-electron chi connectivity index (χ2n) is 4.00. The summed E-state index contributed by atoms with van der Waals surface area (Å²) in [7, 11) is 0. The largest absolute Gasteiger partial charge is 0.367 e. The third kappa shape index (κ3) is 3.03. The molecule has 0 saturated carbocycles. The van der Waals surface area contributed by atoms with Crippen molar-refractivity contribution in [2.75, 3.05) is 18.0 Å². The first-order valence-electron chi connectivity index (χ1n) is 5.37. The number of hydrogen-bond donors (Lipinski definition) is 1. The first kappa shape index (κ1) is 15.6. The van der Waals surface area contributed by atoms with Crippen LogP contribution in [0.2, 0.25) is 0 Å². The average molecular weight is 263 g/mol. The molecule has 4 heteroatoms. The number of benzene rings is 1. The molecule has 2 N–H and O–H groups in total. The minimum absolute atomic E-state index is 0. The van der Waals surface area contributed by atoms with Crippen LogP contribution in [0.5, 0.6) is 0 Å². The van der Waals surface area contributed by atoms with Crippen LogP contribution in [0, 0.1) is 0 Å². The Kier molecular flexibility index (Phi) is 6.81. The van der Waals surface area contributed by atoms with E-state index in [9.17, 15) is 0 Å². The van der Waals surface area contributed by atoms with Crippen molar-refractivity contribution in [3.63, 3.8) is 0 Å². The molecule has 0 fully saturated rings. The van der Waals surface area contributed by atoms with Crippen molar-refractivity contribution in [1.82, 2.24) is 0 Å². The van der Waals surface area contributed by atoms with Gasteiger partial charge in [-0.2, -0.15) is 0 Å². The highest BCUT2D eigenvalue weighted by Crippen LogP contribution is 2.29. The van der Waals surface area contributed by atoms with Gasteiger partial charge in [-0.05, 0) is 31.4 Å². The van der Waals surface area contributed by atoms with Gasteiger partial charge < -0.3 is 10.6 Å². The number of hydrogen-bond acceptors (Lipinski definition) is 2. The van der Waals surface area contributed by atoms with Gasteiger partial charge in [0.1, 0.15) is 0 Å². The summed E-state index contributed by atoms with van der Waals surface area (Å²) in [4.78, 5) is 2.43. The molecule has 0 aromatic heterocycles. The molecule has 1 aliphatic rings. The Hall–Kier alpha value is -0.440. The molecule has 1 atom stereocenters. The van der Waals surface area contributed by atoms with Crippen LogP contribution in [0.3, 0.4) is 0 Å². The van der Waals surface area contributed by atoms with Crippen LogP contribution < -0.4 is 10.6 Å². The maximum absolute atomic E-state index is 5.64. The summed E-state index contributed by atoms with van der Waals surface area (Å²) in [6.07, 6.45) is 2.45. The minimum atomic E-state index is 0. The normalized spacial score (nSPS) is 18.1. The Morgan fingerprint density at radius 2 is 2.00 bits per heavy atom. The molecule has 0 spiro atoms. The second-order valence-corrected chi connectivity index (χ2v) is 4.00. The second kappa shape index (κ2) is 7.00. The van der Waals surface area contributed by atoms with Gasteiger partial charge in [0.15, 0.2) is 0 Å². The fourth-order valence-corrected chi connectivity index (χ4v) is 2.24. The highest BCUT2D eigenvalue weighted by Gasteiger charge is 2.21. The van der Waals surface area contributed by atoms with E-state index in [1.807, 2.05) is 0 Å². The lowest BCUT2D eigenvalue weighted by atomic mass is 9.97. The van der Waals surface area contributed by atoms with Crippen LogP contribution in [-0.2, 0) is 6.42 Å². The molecule has 92 valence electrons. The van der Waals surface area contributed by atoms with Gasteiger partial charge in [-0.3, -0.25) is 0 Å². The van der Waals surface area contributed by atoms with E-state index in [0.717, 1.165) is 13.1 Å². The molecule has 0 amide bonds. The van der Waals surface area contributed by atoms with Crippen LogP contribution in [0.4, 0.5) is 5.69 Å². The third-order valence-corrected chi connectivity index (χ3v) is 3.03. The molecule has 16 heavy (non-hydrogen) atoms. The zero-order valence-corrected chi connectivity index (χ0v) is 11.2. The average Bonchev–Trinajstić information content (AvgIpc) is 2.23. The van der Waals surface area contributed by atoms with Crippen LogP contribution in [0.1, 0.15) is 18.9 Å². The van der Waals surface area contributed by atoms with Crippen LogP contribution in [0.15, 0.2) is 24.3 Å². The Bertz CT molecular complexity index is 318. The first-order chi connectivity index (χ1) is 6.83. The molecule has 1 aromatic carbocycles. The zero-order chi connectivity index (χ0) is 9.97. The molecule has 0 aliphatic carbocycles. The maximum Gasteiger partial charge on any atom is 0.0401 e. The molecule has 1 heterocycles. The van der Waals surface area contributed by atoms with Crippen molar-refractivity contribution in [3.8, 4) is 0 Å². The Labute approximate surface area is 110 Å². The lowest BCUT2D eigenvalue weighted by Gasteiger charge is -2.36. The Morgan fingerprint density at radius 1 is 1.31 bits per heavy atom. The van der Waals surface area contributed by atoms with Gasteiger partial charge in [0, 0.05) is 24.8 Å². The molecule has 0 radical (unpaired) electrons. The third-order valence-electron chi connectivity index (χ3n) is 3.03. The van der Waals surface area contributed by atoms with E-state index in [1.54, 1.807) is 0 Å². The minimum Gasteiger partial charge on any atom is -0.367 e. The predicted molar refractivity (Wildman–Crippen MR) is 75.1 cm³/mol. The number of para-hydroxylation sites is 1. The van der Waals surface area contributed by atoms with Gasteiger partial charge in [-0.15, -0.1) is 24.8 Å². The number of nitrogens with two attached hydrogens (primary N) is 1. The van der Waals surface area contributed by atoms with Crippen molar-refractivity contribution in [2.24, 2.45) is 5.73 Å². The van der Waals surface area contributed by atoms with E-state index in [2.05, 4.69) is 36.1 Å². The summed E-state index contributed by atoms with van der Waals surface area (Å²) in [6, 6.07) is 9.30. The van der Waals surface area contributed by atoms with E-state index in [4.69, 9.17) is 5.73 Å². The lowest BCUT2D eigenvalue weighted by Crippen LogP contribution is -2.40. The van der Waals surface area contributed by atoms with Gasteiger partial charge in [-0.25, -0.2) is 0 Å². The summed E-state index contributed by atoms with van der Waals surface area (Å²) in [5.41, 5.74) is 8.49. The van der Waals surface area contributed by atoms with E-state index in [0.29, 0.717) is 6.04 Å². The molecule has 0 bridgehead atoms. The molecular formula is C12H20Cl2N2. The lowest BCUT2D eigenvalue weighted by molar-refractivity contribution is 0.565. The number of nitrogens with zero attached hydrogens (tertiary/aromatic N) is 1. The predicted octanol–water partition coefficient (Wildman–Crippen LogP) is 2.63. The van der Waals surface area contributed by atoms with Crippen molar-refractivity contribution >= 4 is 30.5 Å². The van der Waals surface area contributed by atoms with Crippen LogP contribution in [-0.4, -0.2) is 19.1 Å². The number of rotatable bonds is 2. The smallest absolute Gasteiger partial charge is 0.0401 e. The van der Waals surface area contributed by atoms with Gasteiger partial charge in [0.25, 0.3) is 0 Å². The van der Waals surface area contributed by atoms with Crippen molar-refractivity contribution in [2.45, 2.75) is 25.8 Å². The number of halogens is 2. The Balaban J connectivity index is 0.00000112. The van der Waals surface area contributed by atoms with Gasteiger partial charge in [0.05, 0.1) is 0 Å². The van der Waals surface area contributed by atoms with E-state index in [1.165, 1.54) is 24.1 Å². The number of aryl methyl sites for hydroxylation is 1. The fraction of sp³-hybridized carbons (Fsp3) is 0.500. The number of anilines is 1. The highest BCUT2D eigenvalue weighted by molar-refractivity contribution is 5.85. The number of fused-ring (bicyclic) bond motifs is 1. The van der Waals surface area contributed by atoms with Crippen molar-refractivity contribution < 1.29 is 0 Å². The SMILES string of the molecule is CC1CCc2ccccc2N1CCN.Cl.Cl. The van der Waals surface area contributed by atoms with Gasteiger partial charge >= 0.3 is 0 Å². The molecular weight excluding hydrogens is 243 g/mol. The van der Waals surface area contributed by atoms with Gasteiger partial charge in [-0.1, -0.05) is 18.2 Å². The summed E-state index contributed by atoms with van der Waals surface area (Å²) >= 11 is 0. The van der Waals surface area contributed by atoms with E-state index < -0.39 is 0 Å². The standard InChI is InChI=1S/C12H18N2.2ClH/c1-10-6-7-11-4-2-3-5-12(11)14(10)9-8-13;;/h2-5,10H,6-9,13H2,1H3;2*1H. The Morgan fingerprint density at radius 3 is 2.69 bits per heavy atom. The molecule has 1 aliphatic heterocycles. The monoisotopic (exact) mass is 262 g/mol. The first-order valence-corrected chi connectivity index (χ1v) is 5.37. The summed E-state index contributed by atoms with van der Waals surface area (Å²) in [5, 5.41) is 0. The van der Waals surface area contributed by atoms with E-state index >= 15 is 0 Å². The summed E-state index contributed by atoms with van der Waals surface area (Å²) in [6.45, 7) is 3.99. The quantitative estimate of drug-likeness (QED) is 0.888. The topological polar surface area (TPSA) is 29.3 Å². The van der Waals surface area contributed by atoms with Crippen LogP contribution >= 0.6 is 24.8 Å². The molecule has 0 saturated heterocycles. The van der Waals surface area contributed by atoms with Crippen molar-refractivity contribution in [1.29, 1.82) is 0 Å². The summed E-state index contributed by atoms with van der Waals surface area (Å²) < 4.78 is 0. The molecule has 2 rings (SSSR count). The zero-order valence-electron chi connectivity index (χ0n) is 9.56. The van der Waals surface area contributed by atoms with Gasteiger partial charge in [0.2, 0.25) is 0 Å². The van der Waals surface area contributed by atoms with E-state index in [-0.39, 0.29) is 24.8 Å². The molecule has 2 nitrogen and oxygen atoms in total. The molecule has 1 aromatic rings. The fourth-order valence-electron chi connectivity index (χ4n) is 2.24.